The third kappa shape index (κ3) is 3.96. The van der Waals surface area contributed by atoms with Gasteiger partial charge in [0, 0.05) is 6.04 Å². The van der Waals surface area contributed by atoms with Gasteiger partial charge in [0.05, 0.1) is 16.4 Å². The molecule has 9 heteroatoms. The SMILES string of the molecule is CCC(C)N(CC(=O)O)C(=O)c1nnn(-c2ccc(F)c(Cl)c2)c1C. The van der Waals surface area contributed by atoms with Crippen molar-refractivity contribution in [3.63, 3.8) is 0 Å². The van der Waals surface area contributed by atoms with E-state index in [-0.39, 0.29) is 16.8 Å². The minimum atomic E-state index is -1.11. The number of benzene rings is 1. The van der Waals surface area contributed by atoms with Gasteiger partial charge in [-0.15, -0.1) is 5.10 Å². The lowest BCUT2D eigenvalue weighted by atomic mass is 10.2. The third-order valence-corrected chi connectivity index (χ3v) is 4.22. The number of carbonyl (C=O) groups is 2. The van der Waals surface area contributed by atoms with Gasteiger partial charge in [-0.2, -0.15) is 0 Å². The van der Waals surface area contributed by atoms with Crippen molar-refractivity contribution in [1.82, 2.24) is 19.9 Å². The lowest BCUT2D eigenvalue weighted by Crippen LogP contribution is -2.42. The van der Waals surface area contributed by atoms with E-state index in [0.717, 1.165) is 0 Å². The summed E-state index contributed by atoms with van der Waals surface area (Å²) in [6, 6.07) is 3.75. The maximum atomic E-state index is 13.3. The molecule has 1 heterocycles. The highest BCUT2D eigenvalue weighted by Gasteiger charge is 2.27. The Morgan fingerprint density at radius 2 is 2.12 bits per heavy atom. The minimum Gasteiger partial charge on any atom is -0.480 e. The van der Waals surface area contributed by atoms with E-state index in [1.165, 1.54) is 27.8 Å². The number of carbonyl (C=O) groups excluding carboxylic acids is 1. The summed E-state index contributed by atoms with van der Waals surface area (Å²) in [4.78, 5) is 25.0. The van der Waals surface area contributed by atoms with Crippen molar-refractivity contribution in [2.75, 3.05) is 6.54 Å². The van der Waals surface area contributed by atoms with Crippen LogP contribution < -0.4 is 0 Å². The maximum Gasteiger partial charge on any atom is 0.323 e. The summed E-state index contributed by atoms with van der Waals surface area (Å²) in [5.41, 5.74) is 0.900. The highest BCUT2D eigenvalue weighted by atomic mass is 35.5. The second-order valence-electron chi connectivity index (χ2n) is 5.62. The molecule has 1 unspecified atom stereocenters. The van der Waals surface area contributed by atoms with E-state index in [0.29, 0.717) is 17.8 Å². The van der Waals surface area contributed by atoms with Crippen molar-refractivity contribution < 1.29 is 19.1 Å². The number of carboxylic acid groups (broad SMARTS) is 1. The van der Waals surface area contributed by atoms with E-state index >= 15 is 0 Å². The van der Waals surface area contributed by atoms with Gasteiger partial charge in [-0.3, -0.25) is 9.59 Å². The number of hydrogen-bond donors (Lipinski definition) is 1. The normalized spacial score (nSPS) is 12.0. The first-order valence-corrected chi connectivity index (χ1v) is 8.04. The number of nitrogens with zero attached hydrogens (tertiary/aromatic N) is 4. The predicted octanol–water partition coefficient (Wildman–Crippen LogP) is 2.69. The molecule has 134 valence electrons. The third-order valence-electron chi connectivity index (χ3n) is 3.93. The standard InChI is InChI=1S/C16H18ClFN4O3/c1-4-9(2)21(8-14(23)24)16(25)15-10(3)22(20-19-15)11-5-6-13(18)12(17)7-11/h5-7,9H,4,8H2,1-3H3,(H,23,24). The van der Waals surface area contributed by atoms with Gasteiger partial charge in [-0.1, -0.05) is 23.7 Å². The monoisotopic (exact) mass is 368 g/mol. The summed E-state index contributed by atoms with van der Waals surface area (Å²) in [5.74, 6) is -2.19. The van der Waals surface area contributed by atoms with Gasteiger partial charge in [0.1, 0.15) is 12.4 Å². The molecule has 1 N–H and O–H groups in total. The van der Waals surface area contributed by atoms with Gasteiger partial charge in [0.25, 0.3) is 5.91 Å². The molecule has 1 aromatic carbocycles. The summed E-state index contributed by atoms with van der Waals surface area (Å²) >= 11 is 5.78. The van der Waals surface area contributed by atoms with E-state index in [1.807, 2.05) is 6.92 Å². The van der Waals surface area contributed by atoms with Gasteiger partial charge >= 0.3 is 5.97 Å². The molecule has 0 saturated heterocycles. The van der Waals surface area contributed by atoms with Gasteiger partial charge in [0.2, 0.25) is 0 Å². The van der Waals surface area contributed by atoms with E-state index in [4.69, 9.17) is 16.7 Å². The van der Waals surface area contributed by atoms with E-state index < -0.39 is 24.2 Å². The lowest BCUT2D eigenvalue weighted by molar-refractivity contribution is -0.138. The number of halogens is 2. The molecule has 1 atom stereocenters. The molecule has 0 radical (unpaired) electrons. The Morgan fingerprint density at radius 1 is 1.44 bits per heavy atom. The van der Waals surface area contributed by atoms with Gasteiger partial charge < -0.3 is 10.0 Å². The average molecular weight is 369 g/mol. The molecule has 7 nitrogen and oxygen atoms in total. The maximum absolute atomic E-state index is 13.3. The average Bonchev–Trinajstić information content (AvgIpc) is 2.95. The van der Waals surface area contributed by atoms with Crippen LogP contribution in [-0.4, -0.2) is 49.5 Å². The first kappa shape index (κ1) is 18.9. The molecule has 0 aliphatic rings. The van der Waals surface area contributed by atoms with Crippen molar-refractivity contribution in [2.24, 2.45) is 0 Å². The Balaban J connectivity index is 2.39. The van der Waals surface area contributed by atoms with Crippen LogP contribution in [0.4, 0.5) is 4.39 Å². The zero-order valence-corrected chi connectivity index (χ0v) is 14.8. The Kier molecular flexibility index (Phi) is 5.73. The number of hydrogen-bond acceptors (Lipinski definition) is 4. The molecule has 1 amide bonds. The molecule has 25 heavy (non-hydrogen) atoms. The molecule has 0 saturated carbocycles. The Labute approximate surface area is 149 Å². The molecule has 0 aliphatic carbocycles. The largest absolute Gasteiger partial charge is 0.480 e. The van der Waals surface area contributed by atoms with E-state index in [9.17, 15) is 14.0 Å². The van der Waals surface area contributed by atoms with Crippen LogP contribution in [0.25, 0.3) is 5.69 Å². The topological polar surface area (TPSA) is 88.3 Å². The van der Waals surface area contributed by atoms with Crippen LogP contribution in [0.2, 0.25) is 5.02 Å². The summed E-state index contributed by atoms with van der Waals surface area (Å²) in [5, 5.41) is 16.8. The number of aliphatic carboxylic acids is 1. The smallest absolute Gasteiger partial charge is 0.323 e. The quantitative estimate of drug-likeness (QED) is 0.846. The number of carboxylic acids is 1. The van der Waals surface area contributed by atoms with E-state index in [2.05, 4.69) is 10.3 Å². The molecule has 2 aromatic rings. The van der Waals surface area contributed by atoms with Crippen LogP contribution in [0.15, 0.2) is 18.2 Å². The Bertz CT molecular complexity index is 809. The fraction of sp³-hybridized carbons (Fsp3) is 0.375. The molecule has 0 fully saturated rings. The fourth-order valence-electron chi connectivity index (χ4n) is 2.32. The van der Waals surface area contributed by atoms with Crippen LogP contribution in [-0.2, 0) is 4.79 Å². The summed E-state index contributed by atoms with van der Waals surface area (Å²) in [7, 11) is 0. The fourth-order valence-corrected chi connectivity index (χ4v) is 2.49. The van der Waals surface area contributed by atoms with Crippen LogP contribution in [0.5, 0.6) is 0 Å². The van der Waals surface area contributed by atoms with Crippen molar-refractivity contribution >= 4 is 23.5 Å². The first-order chi connectivity index (χ1) is 11.8. The lowest BCUT2D eigenvalue weighted by Gasteiger charge is -2.26. The zero-order chi connectivity index (χ0) is 18.7. The zero-order valence-electron chi connectivity index (χ0n) is 14.0. The van der Waals surface area contributed by atoms with Gasteiger partial charge in [0.15, 0.2) is 5.69 Å². The molecule has 1 aromatic heterocycles. The number of amides is 1. The van der Waals surface area contributed by atoms with Crippen molar-refractivity contribution in [2.45, 2.75) is 33.2 Å². The van der Waals surface area contributed by atoms with Crippen LogP contribution in [0, 0.1) is 12.7 Å². The summed E-state index contributed by atoms with van der Waals surface area (Å²) < 4.78 is 14.7. The van der Waals surface area contributed by atoms with Crippen LogP contribution in [0.1, 0.15) is 36.5 Å². The Morgan fingerprint density at radius 3 is 2.68 bits per heavy atom. The highest BCUT2D eigenvalue weighted by molar-refractivity contribution is 6.30. The van der Waals surface area contributed by atoms with Crippen LogP contribution >= 0.6 is 11.6 Å². The van der Waals surface area contributed by atoms with Gasteiger partial charge in [-0.25, -0.2) is 9.07 Å². The highest BCUT2D eigenvalue weighted by Crippen LogP contribution is 2.21. The Hall–Kier alpha value is -2.48. The minimum absolute atomic E-state index is 0.0435. The molecular weight excluding hydrogens is 351 g/mol. The summed E-state index contributed by atoms with van der Waals surface area (Å²) in [6.07, 6.45) is 0.597. The second kappa shape index (κ2) is 7.60. The van der Waals surface area contributed by atoms with Crippen molar-refractivity contribution in [3.8, 4) is 5.69 Å². The van der Waals surface area contributed by atoms with Crippen molar-refractivity contribution in [1.29, 1.82) is 0 Å². The second-order valence-corrected chi connectivity index (χ2v) is 6.02. The molecular formula is C16H18ClFN4O3. The molecule has 0 spiro atoms. The van der Waals surface area contributed by atoms with Crippen molar-refractivity contribution in [3.05, 3.63) is 40.4 Å². The molecule has 0 aliphatic heterocycles. The van der Waals surface area contributed by atoms with Crippen LogP contribution in [0.3, 0.4) is 0 Å². The number of aromatic nitrogens is 3. The first-order valence-electron chi connectivity index (χ1n) is 7.66. The van der Waals surface area contributed by atoms with E-state index in [1.54, 1.807) is 13.8 Å². The van der Waals surface area contributed by atoms with Gasteiger partial charge in [-0.05, 0) is 38.5 Å². The summed E-state index contributed by atoms with van der Waals surface area (Å²) in [6.45, 7) is 4.82. The molecule has 0 bridgehead atoms. The number of rotatable bonds is 6. The molecule has 2 rings (SSSR count). The predicted molar refractivity (Wildman–Crippen MR) is 89.5 cm³/mol.